The van der Waals surface area contributed by atoms with Crippen LogP contribution in [-0.4, -0.2) is 49.6 Å². The second kappa shape index (κ2) is 13.0. The lowest BCUT2D eigenvalue weighted by atomic mass is 10.2. The minimum Gasteiger partial charge on any atom is -0.484 e. The molecule has 0 aliphatic heterocycles. The lowest BCUT2D eigenvalue weighted by Gasteiger charge is -2.18. The number of para-hydroxylation sites is 1. The summed E-state index contributed by atoms with van der Waals surface area (Å²) in [4.78, 5) is 23.9. The molecule has 8 heteroatoms. The molecule has 0 saturated heterocycles. The first-order chi connectivity index (χ1) is 10.7. The summed E-state index contributed by atoms with van der Waals surface area (Å²) in [5, 5.41) is 5.39. The molecule has 1 unspecified atom stereocenters. The van der Waals surface area contributed by atoms with Crippen molar-refractivity contribution in [3.8, 4) is 5.75 Å². The molecular formula is C15H24ClN3O3S. The van der Waals surface area contributed by atoms with Gasteiger partial charge < -0.3 is 21.1 Å². The van der Waals surface area contributed by atoms with Gasteiger partial charge in [0.1, 0.15) is 11.8 Å². The van der Waals surface area contributed by atoms with E-state index in [-0.39, 0.29) is 30.8 Å². The lowest BCUT2D eigenvalue weighted by Crippen LogP contribution is -2.49. The highest BCUT2D eigenvalue weighted by Gasteiger charge is 2.20. The number of thioether (sulfide) groups is 1. The van der Waals surface area contributed by atoms with E-state index in [1.54, 1.807) is 23.9 Å². The molecule has 0 saturated carbocycles. The zero-order chi connectivity index (χ0) is 16.2. The summed E-state index contributed by atoms with van der Waals surface area (Å²) in [6.45, 7) is 0.640. The maximum absolute atomic E-state index is 12.0. The van der Waals surface area contributed by atoms with Crippen LogP contribution in [0.25, 0.3) is 0 Å². The molecule has 0 spiro atoms. The van der Waals surface area contributed by atoms with E-state index in [1.165, 1.54) is 0 Å². The van der Waals surface area contributed by atoms with Gasteiger partial charge in [0.2, 0.25) is 5.91 Å². The third kappa shape index (κ3) is 9.32. The second-order valence-corrected chi connectivity index (χ2v) is 5.57. The summed E-state index contributed by atoms with van der Waals surface area (Å²) in [5.74, 6) is 0.858. The van der Waals surface area contributed by atoms with E-state index in [0.29, 0.717) is 25.3 Å². The smallest absolute Gasteiger partial charge is 0.258 e. The van der Waals surface area contributed by atoms with Gasteiger partial charge >= 0.3 is 0 Å². The topological polar surface area (TPSA) is 93.4 Å². The number of benzene rings is 1. The van der Waals surface area contributed by atoms with Crippen molar-refractivity contribution in [2.75, 3.05) is 31.7 Å². The van der Waals surface area contributed by atoms with E-state index >= 15 is 0 Å². The highest BCUT2D eigenvalue weighted by Crippen LogP contribution is 2.08. The Kier molecular flexibility index (Phi) is 12.2. The SMILES string of the molecule is CSCCC(NC(=O)COc1ccccc1)C(=O)NCCN.Cl. The number of rotatable bonds is 10. The number of hydrogen-bond acceptors (Lipinski definition) is 5. The van der Waals surface area contributed by atoms with Crippen LogP contribution in [0.15, 0.2) is 30.3 Å². The maximum Gasteiger partial charge on any atom is 0.258 e. The summed E-state index contributed by atoms with van der Waals surface area (Å²) < 4.78 is 5.37. The van der Waals surface area contributed by atoms with Crippen molar-refractivity contribution < 1.29 is 14.3 Å². The largest absolute Gasteiger partial charge is 0.484 e. The van der Waals surface area contributed by atoms with Crippen LogP contribution in [-0.2, 0) is 9.59 Å². The van der Waals surface area contributed by atoms with Crippen molar-refractivity contribution in [2.45, 2.75) is 12.5 Å². The van der Waals surface area contributed by atoms with Gasteiger partial charge in [-0.05, 0) is 30.6 Å². The fourth-order valence-electron chi connectivity index (χ4n) is 1.72. The van der Waals surface area contributed by atoms with Crippen molar-refractivity contribution in [1.29, 1.82) is 0 Å². The Morgan fingerprint density at radius 1 is 1.30 bits per heavy atom. The van der Waals surface area contributed by atoms with Crippen molar-refractivity contribution in [3.63, 3.8) is 0 Å². The molecule has 23 heavy (non-hydrogen) atoms. The predicted octanol–water partition coefficient (Wildman–Crippen LogP) is 0.800. The predicted molar refractivity (Wildman–Crippen MR) is 96.2 cm³/mol. The van der Waals surface area contributed by atoms with Crippen LogP contribution < -0.4 is 21.1 Å². The zero-order valence-electron chi connectivity index (χ0n) is 13.1. The van der Waals surface area contributed by atoms with Crippen molar-refractivity contribution >= 4 is 36.0 Å². The monoisotopic (exact) mass is 361 g/mol. The summed E-state index contributed by atoms with van der Waals surface area (Å²) in [5.41, 5.74) is 5.36. The molecule has 0 fully saturated rings. The summed E-state index contributed by atoms with van der Waals surface area (Å²) in [7, 11) is 0. The minimum atomic E-state index is -0.564. The molecule has 6 nitrogen and oxygen atoms in total. The molecule has 1 aromatic carbocycles. The standard InChI is InChI=1S/C15H23N3O3S.ClH/c1-22-10-7-13(15(20)17-9-8-16)18-14(19)11-21-12-5-3-2-4-6-12;/h2-6,13H,7-11,16H2,1H3,(H,17,20)(H,18,19);1H. The Bertz CT molecular complexity index is 463. The number of carbonyl (C=O) groups excluding carboxylic acids is 2. The molecule has 0 radical (unpaired) electrons. The average Bonchev–Trinajstić information content (AvgIpc) is 2.55. The van der Waals surface area contributed by atoms with Gasteiger partial charge in [0.25, 0.3) is 5.91 Å². The van der Waals surface area contributed by atoms with Gasteiger partial charge in [-0.15, -0.1) is 12.4 Å². The number of halogens is 1. The average molecular weight is 362 g/mol. The van der Waals surface area contributed by atoms with E-state index in [0.717, 1.165) is 5.75 Å². The first-order valence-corrected chi connectivity index (χ1v) is 8.50. The summed E-state index contributed by atoms with van der Waals surface area (Å²) in [6.07, 6.45) is 2.52. The Morgan fingerprint density at radius 3 is 2.61 bits per heavy atom. The molecule has 1 aromatic rings. The Hall–Kier alpha value is -1.44. The highest BCUT2D eigenvalue weighted by atomic mass is 35.5. The molecule has 0 aromatic heterocycles. The molecule has 1 rings (SSSR count). The lowest BCUT2D eigenvalue weighted by molar-refractivity contribution is -0.130. The summed E-state index contributed by atoms with van der Waals surface area (Å²) in [6, 6.07) is 8.50. The van der Waals surface area contributed by atoms with E-state index in [4.69, 9.17) is 10.5 Å². The molecule has 0 heterocycles. The number of ether oxygens (including phenoxy) is 1. The number of nitrogens with one attached hydrogen (secondary N) is 2. The van der Waals surface area contributed by atoms with Crippen molar-refractivity contribution in [2.24, 2.45) is 5.73 Å². The minimum absolute atomic E-state index is 0. The Labute approximate surface area is 147 Å². The number of hydrogen-bond donors (Lipinski definition) is 3. The quantitative estimate of drug-likeness (QED) is 0.573. The van der Waals surface area contributed by atoms with Gasteiger partial charge in [-0.25, -0.2) is 0 Å². The van der Waals surface area contributed by atoms with Gasteiger partial charge in [0.15, 0.2) is 6.61 Å². The van der Waals surface area contributed by atoms with Crippen LogP contribution in [0.4, 0.5) is 0 Å². The highest BCUT2D eigenvalue weighted by molar-refractivity contribution is 7.98. The van der Waals surface area contributed by atoms with Crippen LogP contribution in [0.2, 0.25) is 0 Å². The third-order valence-electron chi connectivity index (χ3n) is 2.82. The number of amides is 2. The van der Waals surface area contributed by atoms with Crippen LogP contribution in [0.5, 0.6) is 5.75 Å². The molecule has 0 aliphatic rings. The van der Waals surface area contributed by atoms with E-state index in [9.17, 15) is 9.59 Å². The van der Waals surface area contributed by atoms with Crippen LogP contribution in [0, 0.1) is 0 Å². The zero-order valence-corrected chi connectivity index (χ0v) is 14.8. The van der Waals surface area contributed by atoms with Gasteiger partial charge in [0.05, 0.1) is 0 Å². The molecule has 130 valence electrons. The third-order valence-corrected chi connectivity index (χ3v) is 3.46. The molecule has 2 amide bonds. The first-order valence-electron chi connectivity index (χ1n) is 7.11. The summed E-state index contributed by atoms with van der Waals surface area (Å²) >= 11 is 1.62. The molecule has 0 bridgehead atoms. The number of nitrogens with two attached hydrogens (primary N) is 1. The number of carbonyl (C=O) groups is 2. The van der Waals surface area contributed by atoms with E-state index in [2.05, 4.69) is 10.6 Å². The van der Waals surface area contributed by atoms with Crippen LogP contribution >= 0.6 is 24.2 Å². The fourth-order valence-corrected chi connectivity index (χ4v) is 2.20. The molecular weight excluding hydrogens is 338 g/mol. The maximum atomic E-state index is 12.0. The van der Waals surface area contributed by atoms with Gasteiger partial charge in [0, 0.05) is 13.1 Å². The van der Waals surface area contributed by atoms with E-state index < -0.39 is 6.04 Å². The fraction of sp³-hybridized carbons (Fsp3) is 0.467. The molecule has 0 aliphatic carbocycles. The van der Waals surface area contributed by atoms with Crippen LogP contribution in [0.3, 0.4) is 0 Å². The Morgan fingerprint density at radius 2 is 2.00 bits per heavy atom. The first kappa shape index (κ1) is 21.6. The van der Waals surface area contributed by atoms with Gasteiger partial charge in [-0.2, -0.15) is 11.8 Å². The second-order valence-electron chi connectivity index (χ2n) is 4.58. The normalized spacial score (nSPS) is 11.0. The van der Waals surface area contributed by atoms with Gasteiger partial charge in [-0.3, -0.25) is 9.59 Å². The van der Waals surface area contributed by atoms with Crippen LogP contribution in [0.1, 0.15) is 6.42 Å². The van der Waals surface area contributed by atoms with Crippen molar-refractivity contribution in [1.82, 2.24) is 10.6 Å². The van der Waals surface area contributed by atoms with Gasteiger partial charge in [-0.1, -0.05) is 18.2 Å². The van der Waals surface area contributed by atoms with E-state index in [1.807, 2.05) is 24.5 Å². The molecule has 4 N–H and O–H groups in total. The molecule has 1 atom stereocenters. The Balaban J connectivity index is 0.00000484. The van der Waals surface area contributed by atoms with Crippen molar-refractivity contribution in [3.05, 3.63) is 30.3 Å².